The van der Waals surface area contributed by atoms with Crippen LogP contribution in [0, 0.1) is 52.3 Å². The summed E-state index contributed by atoms with van der Waals surface area (Å²) in [6.07, 6.45) is 9.13. The average Bonchev–Trinajstić information content (AvgIpc) is 3.00. The fraction of sp³-hybridized carbons (Fsp3) is 0.917. The van der Waals surface area contributed by atoms with E-state index >= 15 is 0 Å². The summed E-state index contributed by atoms with van der Waals surface area (Å²) in [7, 11) is 0. The highest BCUT2D eigenvalue weighted by molar-refractivity contribution is 5.86. The van der Waals surface area contributed by atoms with Crippen LogP contribution < -0.4 is 0 Å². The maximum atomic E-state index is 13.8. The molecule has 0 aromatic rings. The molecule has 4 saturated carbocycles. The Balaban J connectivity index is 1.71. The largest absolute Gasteiger partial charge is 0.393 e. The zero-order valence-corrected chi connectivity index (χ0v) is 17.6. The van der Waals surface area contributed by atoms with Gasteiger partial charge in [0.15, 0.2) is 0 Å². The van der Waals surface area contributed by atoms with Crippen molar-refractivity contribution < 1.29 is 14.7 Å². The quantitative estimate of drug-likeness (QED) is 0.731. The van der Waals surface area contributed by atoms with E-state index in [-0.39, 0.29) is 34.7 Å². The number of aldehydes is 1. The summed E-state index contributed by atoms with van der Waals surface area (Å²) in [5.41, 5.74) is 0.348. The van der Waals surface area contributed by atoms with E-state index in [2.05, 4.69) is 27.7 Å². The molecule has 0 amide bonds. The molecule has 3 unspecified atom stereocenters. The topological polar surface area (TPSA) is 54.4 Å². The molecular formula is C24H38O3. The highest BCUT2D eigenvalue weighted by Crippen LogP contribution is 2.68. The highest BCUT2D eigenvalue weighted by Gasteiger charge is 2.65. The summed E-state index contributed by atoms with van der Waals surface area (Å²) >= 11 is 0. The highest BCUT2D eigenvalue weighted by atomic mass is 16.3. The lowest BCUT2D eigenvalue weighted by atomic mass is 9.42. The Bertz CT molecular complexity index is 615. The fourth-order valence-corrected chi connectivity index (χ4v) is 8.63. The molecular weight excluding hydrogens is 336 g/mol. The maximum absolute atomic E-state index is 13.8. The van der Waals surface area contributed by atoms with E-state index in [1.807, 2.05) is 0 Å². The van der Waals surface area contributed by atoms with Crippen molar-refractivity contribution in [3.63, 3.8) is 0 Å². The van der Waals surface area contributed by atoms with Crippen molar-refractivity contribution in [2.45, 2.75) is 85.2 Å². The predicted molar refractivity (Wildman–Crippen MR) is 106 cm³/mol. The van der Waals surface area contributed by atoms with Crippen molar-refractivity contribution in [1.82, 2.24) is 0 Å². The first kappa shape index (κ1) is 19.6. The Morgan fingerprint density at radius 3 is 2.41 bits per heavy atom. The molecule has 10 atom stereocenters. The maximum Gasteiger partial charge on any atom is 0.139 e. The van der Waals surface area contributed by atoms with Gasteiger partial charge in [0.05, 0.1) is 6.10 Å². The second kappa shape index (κ2) is 6.68. The molecule has 0 radical (unpaired) electrons. The second-order valence-corrected chi connectivity index (χ2v) is 10.9. The standard InChI is InChI=1S/C24H38O3/c1-5-16-20-12-15(26)8-10-24(20,4)19-9-11-23(3)17(14(2)13-25)6-7-18(23)21(19)22(16)27/h13-21,26H,5-12H2,1-4H3/t14-,15-,16-,17-,18?,19?,20+,21?,23-,24-/m1/s1. The van der Waals surface area contributed by atoms with Gasteiger partial charge in [-0.25, -0.2) is 0 Å². The van der Waals surface area contributed by atoms with Gasteiger partial charge in [0.2, 0.25) is 0 Å². The molecule has 4 aliphatic carbocycles. The van der Waals surface area contributed by atoms with Crippen LogP contribution in [0.2, 0.25) is 0 Å². The van der Waals surface area contributed by atoms with Gasteiger partial charge in [0, 0.05) is 17.8 Å². The summed E-state index contributed by atoms with van der Waals surface area (Å²) < 4.78 is 0. The molecule has 3 heteroatoms. The van der Waals surface area contributed by atoms with Crippen LogP contribution in [-0.2, 0) is 9.59 Å². The molecule has 0 spiro atoms. The first-order valence-corrected chi connectivity index (χ1v) is 11.4. The van der Waals surface area contributed by atoms with Crippen LogP contribution in [0.1, 0.15) is 79.1 Å². The number of carbonyl (C=O) groups excluding carboxylic acids is 2. The number of aliphatic hydroxyl groups is 1. The number of rotatable bonds is 3. The van der Waals surface area contributed by atoms with Crippen LogP contribution in [0.15, 0.2) is 0 Å². The molecule has 0 bridgehead atoms. The predicted octanol–water partition coefficient (Wildman–Crippen LogP) is 4.66. The fourth-order valence-electron chi connectivity index (χ4n) is 8.63. The number of hydrogen-bond acceptors (Lipinski definition) is 3. The van der Waals surface area contributed by atoms with Gasteiger partial charge in [0.1, 0.15) is 12.1 Å². The molecule has 0 aromatic carbocycles. The van der Waals surface area contributed by atoms with Crippen molar-refractivity contribution in [3.05, 3.63) is 0 Å². The third kappa shape index (κ3) is 2.63. The minimum Gasteiger partial charge on any atom is -0.393 e. The lowest BCUT2D eigenvalue weighted by molar-refractivity contribution is -0.173. The van der Waals surface area contributed by atoms with Gasteiger partial charge < -0.3 is 9.90 Å². The molecule has 4 aliphatic rings. The van der Waals surface area contributed by atoms with Gasteiger partial charge >= 0.3 is 0 Å². The number of ketones is 1. The van der Waals surface area contributed by atoms with E-state index in [0.29, 0.717) is 29.5 Å². The number of Topliss-reactive ketones (excluding diaryl/α,β-unsaturated/α-hetero) is 1. The van der Waals surface area contributed by atoms with Crippen molar-refractivity contribution in [1.29, 1.82) is 0 Å². The van der Waals surface area contributed by atoms with Gasteiger partial charge in [-0.2, -0.15) is 0 Å². The van der Waals surface area contributed by atoms with E-state index in [4.69, 9.17) is 0 Å². The zero-order chi connectivity index (χ0) is 19.6. The van der Waals surface area contributed by atoms with Crippen molar-refractivity contribution in [3.8, 4) is 0 Å². The Morgan fingerprint density at radius 2 is 1.74 bits per heavy atom. The molecule has 27 heavy (non-hydrogen) atoms. The summed E-state index contributed by atoms with van der Waals surface area (Å²) in [5, 5.41) is 10.3. The summed E-state index contributed by atoms with van der Waals surface area (Å²) in [6.45, 7) is 9.07. The molecule has 4 rings (SSSR count). The number of fused-ring (bicyclic) bond motifs is 5. The van der Waals surface area contributed by atoms with Gasteiger partial charge in [-0.3, -0.25) is 4.79 Å². The van der Waals surface area contributed by atoms with Gasteiger partial charge in [-0.05, 0) is 85.9 Å². The van der Waals surface area contributed by atoms with E-state index in [1.54, 1.807) is 0 Å². The van der Waals surface area contributed by atoms with Crippen LogP contribution in [-0.4, -0.2) is 23.3 Å². The lowest BCUT2D eigenvalue weighted by Crippen LogP contribution is -2.60. The minimum absolute atomic E-state index is 0.102. The van der Waals surface area contributed by atoms with E-state index < -0.39 is 0 Å². The van der Waals surface area contributed by atoms with Crippen molar-refractivity contribution in [2.24, 2.45) is 52.3 Å². The Kier molecular flexibility index (Phi) is 4.85. The van der Waals surface area contributed by atoms with E-state index in [1.165, 1.54) is 0 Å². The lowest BCUT2D eigenvalue weighted by Gasteiger charge is -2.62. The summed E-state index contributed by atoms with van der Waals surface area (Å²) in [6, 6.07) is 0. The van der Waals surface area contributed by atoms with Gasteiger partial charge in [-0.15, -0.1) is 0 Å². The minimum atomic E-state index is -0.223. The first-order chi connectivity index (χ1) is 12.8. The number of carbonyl (C=O) groups is 2. The number of aliphatic hydroxyl groups excluding tert-OH is 1. The smallest absolute Gasteiger partial charge is 0.139 e. The summed E-state index contributed by atoms with van der Waals surface area (Å²) in [4.78, 5) is 25.3. The van der Waals surface area contributed by atoms with Crippen molar-refractivity contribution in [2.75, 3.05) is 0 Å². The van der Waals surface area contributed by atoms with Crippen molar-refractivity contribution >= 4 is 12.1 Å². The molecule has 4 fully saturated rings. The van der Waals surface area contributed by atoms with Crippen LogP contribution in [0.3, 0.4) is 0 Å². The van der Waals surface area contributed by atoms with E-state index in [0.717, 1.165) is 57.7 Å². The Labute approximate surface area is 164 Å². The van der Waals surface area contributed by atoms with Gasteiger partial charge in [-0.1, -0.05) is 27.7 Å². The van der Waals surface area contributed by atoms with Crippen LogP contribution in [0.5, 0.6) is 0 Å². The van der Waals surface area contributed by atoms with Crippen LogP contribution >= 0.6 is 0 Å². The summed E-state index contributed by atoms with van der Waals surface area (Å²) in [5.74, 6) is 2.65. The molecule has 0 saturated heterocycles. The molecule has 0 heterocycles. The molecule has 0 aromatic heterocycles. The van der Waals surface area contributed by atoms with Crippen LogP contribution in [0.25, 0.3) is 0 Å². The monoisotopic (exact) mass is 374 g/mol. The number of hydrogen-bond donors (Lipinski definition) is 1. The third-order valence-corrected chi connectivity index (χ3v) is 10.0. The average molecular weight is 375 g/mol. The normalized spacial score (nSPS) is 53.2. The zero-order valence-electron chi connectivity index (χ0n) is 17.6. The van der Waals surface area contributed by atoms with Crippen LogP contribution in [0.4, 0.5) is 0 Å². The molecule has 152 valence electrons. The van der Waals surface area contributed by atoms with Gasteiger partial charge in [0.25, 0.3) is 0 Å². The molecule has 1 N–H and O–H groups in total. The SMILES string of the molecule is CC[C@H]1C(=O)C2C3CC[C@H]([C@H](C)C=O)[C@@]3(C)CCC2[C@@]2(C)CC[C@@H](O)C[C@@H]12. The molecule has 3 nitrogen and oxygen atoms in total. The second-order valence-electron chi connectivity index (χ2n) is 10.9. The molecule has 0 aliphatic heterocycles. The Morgan fingerprint density at radius 1 is 1.07 bits per heavy atom. The first-order valence-electron chi connectivity index (χ1n) is 11.4. The third-order valence-electron chi connectivity index (χ3n) is 10.0. The Hall–Kier alpha value is -0.700. The van der Waals surface area contributed by atoms with E-state index in [9.17, 15) is 14.7 Å².